The molecule has 1 aromatic rings. The number of aromatic nitrogens is 1. The second kappa shape index (κ2) is 3.01. The number of hydrogen-bond acceptors (Lipinski definition) is 3. The van der Waals surface area contributed by atoms with E-state index < -0.39 is 0 Å². The molecule has 0 unspecified atom stereocenters. The molecule has 10 heavy (non-hydrogen) atoms. The minimum atomic E-state index is 0.597. The van der Waals surface area contributed by atoms with Crippen LogP contribution in [-0.4, -0.2) is 12.0 Å². The molecule has 0 aromatic carbocycles. The number of hydrogen-bond donors (Lipinski definition) is 1. The van der Waals surface area contributed by atoms with Gasteiger partial charge in [-0.25, -0.2) is 4.98 Å². The lowest BCUT2D eigenvalue weighted by Crippen LogP contribution is -1.83. The van der Waals surface area contributed by atoms with Crippen LogP contribution in [-0.2, 0) is 0 Å². The number of nitrogens with zero attached hydrogens (tertiary/aromatic N) is 1. The zero-order valence-corrected chi connectivity index (χ0v) is 7.33. The summed E-state index contributed by atoms with van der Waals surface area (Å²) in [6.07, 6.45) is 1.93. The molecule has 0 spiro atoms. The number of thiazole rings is 1. The van der Waals surface area contributed by atoms with E-state index in [9.17, 15) is 0 Å². The van der Waals surface area contributed by atoms with Crippen molar-refractivity contribution in [1.82, 2.24) is 4.98 Å². The van der Waals surface area contributed by atoms with Gasteiger partial charge in [0.05, 0.1) is 0 Å². The first-order chi connectivity index (χ1) is 4.74. The van der Waals surface area contributed by atoms with Crippen LogP contribution in [0.25, 0.3) is 0 Å². The monoisotopic (exact) mass is 156 g/mol. The number of rotatable bonds is 2. The highest BCUT2D eigenvalue weighted by Gasteiger charge is 2.02. The average molecular weight is 156 g/mol. The van der Waals surface area contributed by atoms with E-state index in [-0.39, 0.29) is 0 Å². The molecule has 1 rings (SSSR count). The molecule has 2 nitrogen and oxygen atoms in total. The van der Waals surface area contributed by atoms with Crippen LogP contribution in [0.3, 0.4) is 0 Å². The van der Waals surface area contributed by atoms with Gasteiger partial charge in [-0.2, -0.15) is 0 Å². The van der Waals surface area contributed by atoms with Crippen LogP contribution in [0.15, 0.2) is 6.20 Å². The van der Waals surface area contributed by atoms with E-state index in [4.69, 9.17) is 0 Å². The number of nitrogens with one attached hydrogen (secondary N) is 1. The van der Waals surface area contributed by atoms with E-state index >= 15 is 0 Å². The molecule has 1 heterocycles. The molecule has 0 fully saturated rings. The zero-order valence-electron chi connectivity index (χ0n) is 6.51. The molecule has 0 aliphatic carbocycles. The normalized spacial score (nSPS) is 10.4. The van der Waals surface area contributed by atoms with Crippen molar-refractivity contribution >= 4 is 16.5 Å². The molecule has 1 N–H and O–H groups in total. The minimum Gasteiger partial charge on any atom is -0.365 e. The van der Waals surface area contributed by atoms with Crippen LogP contribution in [0.5, 0.6) is 0 Å². The van der Waals surface area contributed by atoms with Crippen molar-refractivity contribution in [3.8, 4) is 0 Å². The predicted octanol–water partition coefficient (Wildman–Crippen LogP) is 2.31. The van der Waals surface area contributed by atoms with Gasteiger partial charge in [0.2, 0.25) is 0 Å². The molecule has 0 amide bonds. The van der Waals surface area contributed by atoms with Crippen molar-refractivity contribution in [1.29, 1.82) is 0 Å². The van der Waals surface area contributed by atoms with Crippen molar-refractivity contribution in [3.63, 3.8) is 0 Å². The third-order valence-electron chi connectivity index (χ3n) is 1.31. The highest BCUT2D eigenvalue weighted by molar-refractivity contribution is 7.15. The molecule has 1 aromatic heterocycles. The average Bonchev–Trinajstić information content (AvgIpc) is 2.34. The highest BCUT2D eigenvalue weighted by atomic mass is 32.1. The first kappa shape index (κ1) is 7.54. The SMILES string of the molecule is CNc1ncc(C(C)C)s1. The fourth-order valence-corrected chi connectivity index (χ4v) is 1.44. The summed E-state index contributed by atoms with van der Waals surface area (Å²) in [6, 6.07) is 0. The Hall–Kier alpha value is -0.570. The highest BCUT2D eigenvalue weighted by Crippen LogP contribution is 2.24. The topological polar surface area (TPSA) is 24.9 Å². The molecular formula is C7H12N2S. The van der Waals surface area contributed by atoms with Crippen molar-refractivity contribution in [2.45, 2.75) is 19.8 Å². The second-order valence-electron chi connectivity index (χ2n) is 2.47. The molecule has 0 bridgehead atoms. The van der Waals surface area contributed by atoms with Crippen LogP contribution < -0.4 is 5.32 Å². The molecular weight excluding hydrogens is 144 g/mol. The van der Waals surface area contributed by atoms with Gasteiger partial charge in [-0.3, -0.25) is 0 Å². The Morgan fingerprint density at radius 1 is 1.60 bits per heavy atom. The van der Waals surface area contributed by atoms with E-state index in [0.717, 1.165) is 5.13 Å². The summed E-state index contributed by atoms with van der Waals surface area (Å²) in [5.41, 5.74) is 0. The van der Waals surface area contributed by atoms with Crippen molar-refractivity contribution in [2.24, 2.45) is 0 Å². The standard InChI is InChI=1S/C7H12N2S/c1-5(2)6-4-9-7(8-3)10-6/h4-5H,1-3H3,(H,8,9). The zero-order chi connectivity index (χ0) is 7.56. The van der Waals surface area contributed by atoms with Crippen LogP contribution >= 0.6 is 11.3 Å². The Balaban J connectivity index is 2.78. The lowest BCUT2D eigenvalue weighted by atomic mass is 10.2. The van der Waals surface area contributed by atoms with Gasteiger partial charge < -0.3 is 5.32 Å². The van der Waals surface area contributed by atoms with E-state index in [2.05, 4.69) is 24.1 Å². The van der Waals surface area contributed by atoms with Gasteiger partial charge in [0, 0.05) is 18.1 Å². The maximum Gasteiger partial charge on any atom is 0.182 e. The molecule has 0 radical (unpaired) electrons. The summed E-state index contributed by atoms with van der Waals surface area (Å²) in [7, 11) is 1.89. The largest absolute Gasteiger partial charge is 0.365 e. The van der Waals surface area contributed by atoms with Crippen LogP contribution in [0.2, 0.25) is 0 Å². The first-order valence-electron chi connectivity index (χ1n) is 3.37. The Kier molecular flexibility index (Phi) is 2.27. The van der Waals surface area contributed by atoms with Gasteiger partial charge in [0.25, 0.3) is 0 Å². The van der Waals surface area contributed by atoms with Gasteiger partial charge in [-0.15, -0.1) is 11.3 Å². The Bertz CT molecular complexity index is 205. The fourth-order valence-electron chi connectivity index (χ4n) is 0.669. The Labute approximate surface area is 65.3 Å². The van der Waals surface area contributed by atoms with Crippen molar-refractivity contribution < 1.29 is 0 Å². The van der Waals surface area contributed by atoms with Gasteiger partial charge in [0.15, 0.2) is 5.13 Å². The van der Waals surface area contributed by atoms with Gasteiger partial charge >= 0.3 is 0 Å². The van der Waals surface area contributed by atoms with Crippen molar-refractivity contribution in [2.75, 3.05) is 12.4 Å². The summed E-state index contributed by atoms with van der Waals surface area (Å²) >= 11 is 1.72. The van der Waals surface area contributed by atoms with Gasteiger partial charge in [-0.1, -0.05) is 13.8 Å². The van der Waals surface area contributed by atoms with Crippen molar-refractivity contribution in [3.05, 3.63) is 11.1 Å². The predicted molar refractivity (Wildman–Crippen MR) is 45.7 cm³/mol. The summed E-state index contributed by atoms with van der Waals surface area (Å²) in [4.78, 5) is 5.50. The van der Waals surface area contributed by atoms with Crippen LogP contribution in [0.4, 0.5) is 5.13 Å². The molecule has 56 valence electrons. The Morgan fingerprint density at radius 2 is 2.30 bits per heavy atom. The summed E-state index contributed by atoms with van der Waals surface area (Å²) < 4.78 is 0. The maximum atomic E-state index is 4.16. The summed E-state index contributed by atoms with van der Waals surface area (Å²) in [6.45, 7) is 4.35. The minimum absolute atomic E-state index is 0.597. The smallest absolute Gasteiger partial charge is 0.182 e. The fraction of sp³-hybridized carbons (Fsp3) is 0.571. The third-order valence-corrected chi connectivity index (χ3v) is 2.62. The molecule has 0 aliphatic heterocycles. The van der Waals surface area contributed by atoms with Crippen LogP contribution in [0.1, 0.15) is 24.6 Å². The van der Waals surface area contributed by atoms with Gasteiger partial charge in [-0.05, 0) is 5.92 Å². The Morgan fingerprint density at radius 3 is 2.60 bits per heavy atom. The van der Waals surface area contributed by atoms with Gasteiger partial charge in [0.1, 0.15) is 0 Å². The number of anilines is 1. The lowest BCUT2D eigenvalue weighted by molar-refractivity contribution is 0.885. The molecule has 0 aliphatic rings. The maximum absolute atomic E-state index is 4.16. The molecule has 0 saturated heterocycles. The van der Waals surface area contributed by atoms with E-state index in [1.165, 1.54) is 4.88 Å². The summed E-state index contributed by atoms with van der Waals surface area (Å²) in [5, 5.41) is 4.01. The van der Waals surface area contributed by atoms with Crippen LogP contribution in [0, 0.1) is 0 Å². The van der Waals surface area contributed by atoms with E-state index in [1.54, 1.807) is 11.3 Å². The lowest BCUT2D eigenvalue weighted by Gasteiger charge is -1.95. The molecule has 3 heteroatoms. The third kappa shape index (κ3) is 1.48. The van der Waals surface area contributed by atoms with E-state index in [1.807, 2.05) is 13.2 Å². The first-order valence-corrected chi connectivity index (χ1v) is 4.19. The quantitative estimate of drug-likeness (QED) is 0.710. The van der Waals surface area contributed by atoms with E-state index in [0.29, 0.717) is 5.92 Å². The summed E-state index contributed by atoms with van der Waals surface area (Å²) in [5.74, 6) is 0.597. The second-order valence-corrected chi connectivity index (χ2v) is 3.53. The molecule has 0 saturated carbocycles. The molecule has 0 atom stereocenters.